The number of benzene rings is 1. The van der Waals surface area contributed by atoms with Crippen LogP contribution in [0.5, 0.6) is 0 Å². The van der Waals surface area contributed by atoms with Gasteiger partial charge in [-0.1, -0.05) is 43.6 Å². The van der Waals surface area contributed by atoms with E-state index in [1.54, 1.807) is 13.8 Å². The molecule has 120 valence electrons. The van der Waals surface area contributed by atoms with Gasteiger partial charge in [0.2, 0.25) is 5.91 Å². The van der Waals surface area contributed by atoms with E-state index in [0.717, 1.165) is 5.56 Å². The maximum Gasteiger partial charge on any atom is 0.238 e. The fraction of sp³-hybridized carbons (Fsp3) is 0.529. The largest absolute Gasteiger partial charge is 0.336 e. The molecule has 0 radical (unpaired) electrons. The van der Waals surface area contributed by atoms with E-state index in [0.29, 0.717) is 5.02 Å². The highest BCUT2D eigenvalue weighted by atomic mass is 35.5. The van der Waals surface area contributed by atoms with Gasteiger partial charge in [-0.3, -0.25) is 10.1 Å². The number of hydrogen-bond acceptors (Lipinski definition) is 3. The average molecular weight is 322 g/mol. The predicted molar refractivity (Wildman–Crippen MR) is 89.5 cm³/mol. The number of carbonyl (C=O) groups is 1. The third-order valence-corrected chi connectivity index (χ3v) is 4.38. The fourth-order valence-corrected chi connectivity index (χ4v) is 2.33. The summed E-state index contributed by atoms with van der Waals surface area (Å²) in [5, 5.41) is 16.0. The molecule has 3 atom stereocenters. The molecule has 5 heteroatoms. The first kappa shape index (κ1) is 18.5. The molecule has 1 aromatic carbocycles. The van der Waals surface area contributed by atoms with Crippen molar-refractivity contribution in [2.75, 3.05) is 0 Å². The number of carbonyl (C=O) groups excluding carboxylic acids is 1. The van der Waals surface area contributed by atoms with E-state index in [1.165, 1.54) is 0 Å². The standard InChI is InChI=1S/C17H24ClN3O/c1-11(2)17(5,10-19)21-16(22)13(4)20-12(3)14-8-6-7-9-15(14)18/h6-9,11-13,20H,1-5H3,(H,21,22)/t12-,13-,17+/m0/s1. The molecule has 0 saturated heterocycles. The lowest BCUT2D eigenvalue weighted by molar-refractivity contribution is -0.124. The van der Waals surface area contributed by atoms with Crippen LogP contribution < -0.4 is 10.6 Å². The number of halogens is 1. The van der Waals surface area contributed by atoms with Gasteiger partial charge in [0, 0.05) is 11.1 Å². The van der Waals surface area contributed by atoms with Gasteiger partial charge in [-0.25, -0.2) is 0 Å². The Morgan fingerprint density at radius 1 is 1.27 bits per heavy atom. The van der Waals surface area contributed by atoms with E-state index in [1.807, 2.05) is 45.0 Å². The monoisotopic (exact) mass is 321 g/mol. The molecule has 1 aromatic rings. The zero-order chi connectivity index (χ0) is 16.9. The zero-order valence-electron chi connectivity index (χ0n) is 13.8. The lowest BCUT2D eigenvalue weighted by Gasteiger charge is -2.30. The van der Waals surface area contributed by atoms with Crippen LogP contribution in [0.1, 0.15) is 46.2 Å². The van der Waals surface area contributed by atoms with Gasteiger partial charge in [0.1, 0.15) is 5.54 Å². The van der Waals surface area contributed by atoms with Crippen LogP contribution in [0.3, 0.4) is 0 Å². The number of nitrogens with one attached hydrogen (secondary N) is 2. The highest BCUT2D eigenvalue weighted by molar-refractivity contribution is 6.31. The van der Waals surface area contributed by atoms with Gasteiger partial charge in [0.05, 0.1) is 12.1 Å². The molecule has 0 saturated carbocycles. The van der Waals surface area contributed by atoms with Crippen LogP contribution >= 0.6 is 11.6 Å². The molecule has 0 aliphatic heterocycles. The number of nitriles is 1. The normalized spacial score (nSPS) is 16.5. The third-order valence-electron chi connectivity index (χ3n) is 4.03. The maximum atomic E-state index is 12.3. The van der Waals surface area contributed by atoms with Gasteiger partial charge in [-0.15, -0.1) is 0 Å². The SMILES string of the molecule is CC(C)[C@@](C)(C#N)NC(=O)[C@H](C)N[C@@H](C)c1ccccc1Cl. The highest BCUT2D eigenvalue weighted by Crippen LogP contribution is 2.22. The lowest BCUT2D eigenvalue weighted by atomic mass is 9.90. The van der Waals surface area contributed by atoms with E-state index in [2.05, 4.69) is 16.7 Å². The summed E-state index contributed by atoms with van der Waals surface area (Å²) in [5.74, 6) is -0.175. The third kappa shape index (κ3) is 4.46. The van der Waals surface area contributed by atoms with E-state index < -0.39 is 11.6 Å². The lowest BCUT2D eigenvalue weighted by Crippen LogP contribution is -2.54. The first-order valence-corrected chi connectivity index (χ1v) is 7.82. The second-order valence-electron chi connectivity index (χ2n) is 6.09. The Morgan fingerprint density at radius 2 is 1.86 bits per heavy atom. The minimum Gasteiger partial charge on any atom is -0.336 e. The molecule has 0 aliphatic carbocycles. The number of hydrogen-bond donors (Lipinski definition) is 2. The second kappa shape index (κ2) is 7.62. The van der Waals surface area contributed by atoms with Crippen molar-refractivity contribution in [3.05, 3.63) is 34.9 Å². The van der Waals surface area contributed by atoms with Crippen molar-refractivity contribution in [1.82, 2.24) is 10.6 Å². The highest BCUT2D eigenvalue weighted by Gasteiger charge is 2.31. The quantitative estimate of drug-likeness (QED) is 0.843. The van der Waals surface area contributed by atoms with Crippen molar-refractivity contribution in [3.8, 4) is 6.07 Å². The Labute approximate surface area is 137 Å². The van der Waals surface area contributed by atoms with Crippen molar-refractivity contribution in [3.63, 3.8) is 0 Å². The van der Waals surface area contributed by atoms with Crippen LogP contribution in [0.2, 0.25) is 5.02 Å². The summed E-state index contributed by atoms with van der Waals surface area (Å²) in [6, 6.07) is 9.21. The Balaban J connectivity index is 2.73. The van der Waals surface area contributed by atoms with E-state index in [9.17, 15) is 10.1 Å². The van der Waals surface area contributed by atoms with Crippen LogP contribution in [0.15, 0.2) is 24.3 Å². The fourth-order valence-electron chi connectivity index (χ4n) is 2.03. The molecule has 0 unspecified atom stereocenters. The van der Waals surface area contributed by atoms with Gasteiger partial charge >= 0.3 is 0 Å². The Hall–Kier alpha value is -1.57. The Bertz CT molecular complexity index is 567. The molecule has 0 fully saturated rings. The van der Waals surface area contributed by atoms with Gasteiger partial charge in [0.25, 0.3) is 0 Å². The summed E-state index contributed by atoms with van der Waals surface area (Å²) in [4.78, 5) is 12.3. The summed E-state index contributed by atoms with van der Waals surface area (Å²) in [7, 11) is 0. The van der Waals surface area contributed by atoms with Crippen molar-refractivity contribution in [2.24, 2.45) is 5.92 Å². The molecule has 2 N–H and O–H groups in total. The van der Waals surface area contributed by atoms with Crippen LogP contribution in [-0.2, 0) is 4.79 Å². The average Bonchev–Trinajstić information content (AvgIpc) is 2.46. The molecule has 22 heavy (non-hydrogen) atoms. The first-order valence-electron chi connectivity index (χ1n) is 7.45. The van der Waals surface area contributed by atoms with Crippen molar-refractivity contribution < 1.29 is 4.79 Å². The predicted octanol–water partition coefficient (Wildman–Crippen LogP) is 3.43. The molecule has 0 heterocycles. The van der Waals surface area contributed by atoms with Crippen molar-refractivity contribution >= 4 is 17.5 Å². The summed E-state index contributed by atoms with van der Waals surface area (Å²) >= 11 is 6.17. The number of amides is 1. The van der Waals surface area contributed by atoms with Crippen molar-refractivity contribution in [2.45, 2.75) is 52.2 Å². The van der Waals surface area contributed by atoms with Crippen LogP contribution in [0, 0.1) is 17.2 Å². The van der Waals surface area contributed by atoms with Gasteiger partial charge in [-0.05, 0) is 38.3 Å². The summed E-state index contributed by atoms with van der Waals surface area (Å²) < 4.78 is 0. The van der Waals surface area contributed by atoms with Gasteiger partial charge < -0.3 is 5.32 Å². The molecular formula is C17H24ClN3O. The molecule has 1 rings (SSSR count). The molecule has 0 bridgehead atoms. The first-order chi connectivity index (χ1) is 10.2. The minimum atomic E-state index is -0.874. The second-order valence-corrected chi connectivity index (χ2v) is 6.50. The topological polar surface area (TPSA) is 64.9 Å². The van der Waals surface area contributed by atoms with Gasteiger partial charge in [-0.2, -0.15) is 5.26 Å². The van der Waals surface area contributed by atoms with E-state index in [-0.39, 0.29) is 17.9 Å². The Morgan fingerprint density at radius 3 is 2.36 bits per heavy atom. The smallest absolute Gasteiger partial charge is 0.238 e. The Kier molecular flexibility index (Phi) is 6.40. The summed E-state index contributed by atoms with van der Waals surface area (Å²) in [6.07, 6.45) is 0. The summed E-state index contributed by atoms with van der Waals surface area (Å²) in [5.41, 5.74) is 0.0661. The van der Waals surface area contributed by atoms with Gasteiger partial charge in [0.15, 0.2) is 0 Å². The molecule has 0 aliphatic rings. The van der Waals surface area contributed by atoms with E-state index in [4.69, 9.17) is 11.6 Å². The van der Waals surface area contributed by atoms with Crippen molar-refractivity contribution in [1.29, 1.82) is 5.26 Å². The molecule has 0 aromatic heterocycles. The van der Waals surface area contributed by atoms with Crippen LogP contribution in [-0.4, -0.2) is 17.5 Å². The zero-order valence-corrected chi connectivity index (χ0v) is 14.5. The number of rotatable bonds is 6. The minimum absolute atomic E-state index is 0.0228. The molecule has 0 spiro atoms. The molecule has 1 amide bonds. The molecular weight excluding hydrogens is 298 g/mol. The van der Waals surface area contributed by atoms with Crippen LogP contribution in [0.4, 0.5) is 0 Å². The summed E-state index contributed by atoms with van der Waals surface area (Å²) in [6.45, 7) is 9.29. The number of nitrogens with zero attached hydrogens (tertiary/aromatic N) is 1. The van der Waals surface area contributed by atoms with E-state index >= 15 is 0 Å². The van der Waals surface area contributed by atoms with Crippen LogP contribution in [0.25, 0.3) is 0 Å². The molecule has 4 nitrogen and oxygen atoms in total. The maximum absolute atomic E-state index is 12.3.